The van der Waals surface area contributed by atoms with Crippen LogP contribution >= 0.6 is 11.6 Å². The molecule has 0 bridgehead atoms. The normalized spacial score (nSPS) is 15.5. The Morgan fingerprint density at radius 1 is 1.32 bits per heavy atom. The molecule has 0 saturated carbocycles. The van der Waals surface area contributed by atoms with Gasteiger partial charge in [-0.2, -0.15) is 0 Å². The van der Waals surface area contributed by atoms with Crippen LogP contribution in [0.15, 0.2) is 28.9 Å². The van der Waals surface area contributed by atoms with E-state index in [2.05, 4.69) is 10.1 Å². The molecule has 0 aliphatic carbocycles. The number of hydrogen-bond donors (Lipinski definition) is 1. The number of aromatic nitrogens is 2. The third-order valence-corrected chi connectivity index (χ3v) is 5.14. The molecule has 0 radical (unpaired) electrons. The first-order valence-electron chi connectivity index (χ1n) is 9.02. The van der Waals surface area contributed by atoms with Gasteiger partial charge in [0, 0.05) is 6.07 Å². The third-order valence-electron chi connectivity index (χ3n) is 4.87. The van der Waals surface area contributed by atoms with E-state index in [4.69, 9.17) is 26.6 Å². The number of nitrogens with zero attached hydrogens (tertiary/aromatic N) is 3. The van der Waals surface area contributed by atoms with Gasteiger partial charge in [0.2, 0.25) is 11.8 Å². The highest BCUT2D eigenvalue weighted by Crippen LogP contribution is 2.48. The second kappa shape index (κ2) is 6.38. The number of rotatable bonds is 4. The third kappa shape index (κ3) is 2.77. The topological polar surface area (TPSA) is 94.5 Å². The van der Waals surface area contributed by atoms with Crippen LogP contribution in [0.3, 0.4) is 0 Å². The van der Waals surface area contributed by atoms with E-state index in [9.17, 15) is 4.79 Å². The summed E-state index contributed by atoms with van der Waals surface area (Å²) < 4.78 is 10.9. The molecule has 28 heavy (non-hydrogen) atoms. The number of fused-ring (bicyclic) bond motifs is 2. The molecule has 3 heterocycles. The van der Waals surface area contributed by atoms with E-state index in [-0.39, 0.29) is 5.91 Å². The zero-order valence-corrected chi connectivity index (χ0v) is 16.9. The van der Waals surface area contributed by atoms with E-state index in [1.54, 1.807) is 23.2 Å². The summed E-state index contributed by atoms with van der Waals surface area (Å²) in [6, 6.07) is 5.33. The standard InChI is InChI=1S/C20H21ClN4O3/c1-10(2)9-27-18-14(21)5-11(8-23-18)25-15-7-16-12(17(22)24-28-16)6-13(15)20(3,4)19(25)26/h5-8,10H,9H2,1-4H3,(H2,22,24). The van der Waals surface area contributed by atoms with Gasteiger partial charge in [0.05, 0.1) is 35.0 Å². The Morgan fingerprint density at radius 2 is 2.07 bits per heavy atom. The van der Waals surface area contributed by atoms with Crippen LogP contribution in [0.1, 0.15) is 33.3 Å². The van der Waals surface area contributed by atoms with Gasteiger partial charge in [-0.05, 0) is 37.5 Å². The maximum atomic E-state index is 13.2. The van der Waals surface area contributed by atoms with E-state index in [1.165, 1.54) is 0 Å². The summed E-state index contributed by atoms with van der Waals surface area (Å²) in [6.07, 6.45) is 1.59. The highest BCUT2D eigenvalue weighted by atomic mass is 35.5. The summed E-state index contributed by atoms with van der Waals surface area (Å²) in [5.74, 6) is 0.914. The van der Waals surface area contributed by atoms with E-state index < -0.39 is 5.41 Å². The van der Waals surface area contributed by atoms with Gasteiger partial charge in [0.25, 0.3) is 0 Å². The smallest absolute Gasteiger partial charge is 0.241 e. The number of pyridine rings is 1. The minimum Gasteiger partial charge on any atom is -0.476 e. The van der Waals surface area contributed by atoms with Crippen LogP contribution in [0, 0.1) is 5.92 Å². The summed E-state index contributed by atoms with van der Waals surface area (Å²) in [6.45, 7) is 8.34. The molecule has 0 atom stereocenters. The van der Waals surface area contributed by atoms with Gasteiger partial charge in [-0.15, -0.1) is 0 Å². The number of ether oxygens (including phenoxy) is 1. The summed E-state index contributed by atoms with van der Waals surface area (Å²) in [5, 5.41) is 4.85. The Morgan fingerprint density at radius 3 is 2.75 bits per heavy atom. The molecule has 1 amide bonds. The van der Waals surface area contributed by atoms with Crippen LogP contribution in [0.25, 0.3) is 11.0 Å². The van der Waals surface area contributed by atoms with Crippen molar-refractivity contribution in [3.63, 3.8) is 0 Å². The number of benzene rings is 1. The number of carbonyl (C=O) groups excluding carboxylic acids is 1. The van der Waals surface area contributed by atoms with Crippen molar-refractivity contribution in [1.82, 2.24) is 10.1 Å². The van der Waals surface area contributed by atoms with E-state index in [0.29, 0.717) is 51.6 Å². The number of hydrogen-bond acceptors (Lipinski definition) is 6. The predicted molar refractivity (Wildman–Crippen MR) is 108 cm³/mol. The molecule has 0 unspecified atom stereocenters. The van der Waals surface area contributed by atoms with E-state index in [1.807, 2.05) is 33.8 Å². The summed E-state index contributed by atoms with van der Waals surface area (Å²) in [4.78, 5) is 19.1. The van der Waals surface area contributed by atoms with Gasteiger partial charge >= 0.3 is 0 Å². The fourth-order valence-electron chi connectivity index (χ4n) is 3.33. The Balaban J connectivity index is 1.80. The van der Waals surface area contributed by atoms with Crippen LogP contribution in [-0.4, -0.2) is 22.7 Å². The first-order valence-corrected chi connectivity index (χ1v) is 9.40. The second-order valence-electron chi connectivity index (χ2n) is 7.88. The van der Waals surface area contributed by atoms with Crippen molar-refractivity contribution in [2.24, 2.45) is 5.92 Å². The predicted octanol–water partition coefficient (Wildman–Crippen LogP) is 4.45. The zero-order valence-electron chi connectivity index (χ0n) is 16.1. The van der Waals surface area contributed by atoms with Gasteiger partial charge in [-0.1, -0.05) is 30.6 Å². The Kier molecular flexibility index (Phi) is 4.23. The maximum Gasteiger partial charge on any atom is 0.241 e. The molecule has 7 nitrogen and oxygen atoms in total. The molecule has 0 spiro atoms. The lowest BCUT2D eigenvalue weighted by atomic mass is 9.85. The molecule has 4 rings (SSSR count). The molecule has 2 aromatic heterocycles. The van der Waals surface area contributed by atoms with Gasteiger partial charge in [0.1, 0.15) is 5.02 Å². The highest BCUT2D eigenvalue weighted by molar-refractivity contribution is 6.32. The molecule has 8 heteroatoms. The number of anilines is 3. The van der Waals surface area contributed by atoms with Gasteiger partial charge in [-0.3, -0.25) is 9.69 Å². The average Bonchev–Trinajstić information content (AvgIpc) is 3.08. The minimum absolute atomic E-state index is 0.0876. The monoisotopic (exact) mass is 400 g/mol. The largest absolute Gasteiger partial charge is 0.476 e. The van der Waals surface area contributed by atoms with Crippen LogP contribution in [0.5, 0.6) is 5.88 Å². The molecule has 2 N–H and O–H groups in total. The number of carbonyl (C=O) groups is 1. The number of halogens is 1. The van der Waals surface area contributed by atoms with Crippen molar-refractivity contribution < 1.29 is 14.1 Å². The van der Waals surface area contributed by atoms with Gasteiger partial charge in [-0.25, -0.2) is 4.98 Å². The molecule has 0 fully saturated rings. The van der Waals surface area contributed by atoms with Crippen molar-refractivity contribution in [3.8, 4) is 5.88 Å². The minimum atomic E-state index is -0.744. The quantitative estimate of drug-likeness (QED) is 0.695. The Labute approximate surface area is 167 Å². The molecule has 1 aliphatic rings. The zero-order chi connectivity index (χ0) is 20.2. The van der Waals surface area contributed by atoms with Crippen molar-refractivity contribution in [3.05, 3.63) is 35.0 Å². The molecule has 146 valence electrons. The van der Waals surface area contributed by atoms with Crippen molar-refractivity contribution in [2.45, 2.75) is 33.1 Å². The lowest BCUT2D eigenvalue weighted by Crippen LogP contribution is -2.33. The molecular formula is C20H21ClN4O3. The maximum absolute atomic E-state index is 13.2. The molecule has 0 saturated heterocycles. The number of nitrogen functional groups attached to an aromatic ring is 1. The Bertz CT molecular complexity index is 1090. The Hall–Kier alpha value is -2.80. The van der Waals surface area contributed by atoms with Gasteiger partial charge in [0.15, 0.2) is 11.4 Å². The molecule has 3 aromatic rings. The highest BCUT2D eigenvalue weighted by Gasteiger charge is 2.45. The van der Waals surface area contributed by atoms with Crippen LogP contribution in [0.2, 0.25) is 5.02 Å². The number of nitrogens with two attached hydrogens (primary N) is 1. The molecular weight excluding hydrogens is 380 g/mol. The molecule has 1 aliphatic heterocycles. The van der Waals surface area contributed by atoms with Crippen LogP contribution in [-0.2, 0) is 10.2 Å². The van der Waals surface area contributed by atoms with Crippen LogP contribution < -0.4 is 15.4 Å². The summed E-state index contributed by atoms with van der Waals surface area (Å²) in [5.41, 5.74) is 7.76. The fraction of sp³-hybridized carbons (Fsp3) is 0.350. The summed E-state index contributed by atoms with van der Waals surface area (Å²) >= 11 is 6.37. The first kappa shape index (κ1) is 18.6. The summed E-state index contributed by atoms with van der Waals surface area (Å²) in [7, 11) is 0. The van der Waals surface area contributed by atoms with Crippen LogP contribution in [0.4, 0.5) is 17.2 Å². The van der Waals surface area contributed by atoms with Crippen molar-refractivity contribution in [1.29, 1.82) is 0 Å². The van der Waals surface area contributed by atoms with Crippen molar-refractivity contribution >= 4 is 45.7 Å². The second-order valence-corrected chi connectivity index (χ2v) is 8.29. The lowest BCUT2D eigenvalue weighted by molar-refractivity contribution is -0.121. The van der Waals surface area contributed by atoms with Gasteiger partial charge < -0.3 is 15.0 Å². The van der Waals surface area contributed by atoms with E-state index in [0.717, 1.165) is 5.56 Å². The average molecular weight is 401 g/mol. The molecule has 1 aromatic carbocycles. The fourth-order valence-corrected chi connectivity index (χ4v) is 3.54. The van der Waals surface area contributed by atoms with E-state index >= 15 is 0 Å². The first-order chi connectivity index (χ1) is 13.2. The number of amides is 1. The van der Waals surface area contributed by atoms with Crippen molar-refractivity contribution in [2.75, 3.05) is 17.2 Å². The lowest BCUT2D eigenvalue weighted by Gasteiger charge is -2.21. The SMILES string of the molecule is CC(C)COc1ncc(N2C(=O)C(C)(C)c3cc4c(N)noc4cc32)cc1Cl.